The summed E-state index contributed by atoms with van der Waals surface area (Å²) in [7, 11) is 0. The fourth-order valence-corrected chi connectivity index (χ4v) is 1.91. The summed E-state index contributed by atoms with van der Waals surface area (Å²) in [6.07, 6.45) is 2.80. The van der Waals surface area contributed by atoms with Crippen LogP contribution in [0.5, 0.6) is 0 Å². The maximum Gasteiger partial charge on any atom is 0.0588 e. The molecule has 3 nitrogen and oxygen atoms in total. The van der Waals surface area contributed by atoms with Crippen LogP contribution in [0, 0.1) is 11.8 Å². The molecule has 0 spiro atoms. The molecular weight excluding hydrogens is 176 g/mol. The van der Waals surface area contributed by atoms with E-state index in [4.69, 9.17) is 10.5 Å². The molecule has 3 N–H and O–H groups in total. The average molecular weight is 200 g/mol. The van der Waals surface area contributed by atoms with Crippen molar-refractivity contribution in [2.24, 2.45) is 17.6 Å². The fraction of sp³-hybridized carbons (Fsp3) is 1.00. The minimum absolute atomic E-state index is 0.431. The van der Waals surface area contributed by atoms with Gasteiger partial charge in [-0.2, -0.15) is 0 Å². The van der Waals surface area contributed by atoms with E-state index in [2.05, 4.69) is 19.2 Å². The Labute approximate surface area is 87.4 Å². The zero-order valence-corrected chi connectivity index (χ0v) is 9.46. The van der Waals surface area contributed by atoms with E-state index in [0.29, 0.717) is 17.9 Å². The van der Waals surface area contributed by atoms with Crippen LogP contribution in [-0.4, -0.2) is 32.3 Å². The van der Waals surface area contributed by atoms with Crippen molar-refractivity contribution in [3.8, 4) is 0 Å². The summed E-state index contributed by atoms with van der Waals surface area (Å²) < 4.78 is 5.51. The SMILES string of the molecule is CCC(CN)CNCC1CCOC1C. The Morgan fingerprint density at radius 1 is 1.57 bits per heavy atom. The van der Waals surface area contributed by atoms with Crippen LogP contribution in [0.15, 0.2) is 0 Å². The van der Waals surface area contributed by atoms with Gasteiger partial charge >= 0.3 is 0 Å². The van der Waals surface area contributed by atoms with Crippen molar-refractivity contribution in [3.63, 3.8) is 0 Å². The molecule has 0 radical (unpaired) electrons. The lowest BCUT2D eigenvalue weighted by molar-refractivity contribution is 0.105. The molecule has 1 aliphatic rings. The molecule has 0 aromatic heterocycles. The summed E-state index contributed by atoms with van der Waals surface area (Å²) in [6, 6.07) is 0. The van der Waals surface area contributed by atoms with Crippen LogP contribution >= 0.6 is 0 Å². The summed E-state index contributed by atoms with van der Waals surface area (Å²) in [5.41, 5.74) is 5.64. The molecule has 3 atom stereocenters. The minimum atomic E-state index is 0.431. The molecule has 3 heteroatoms. The second-order valence-electron chi connectivity index (χ2n) is 4.29. The average Bonchev–Trinajstić information content (AvgIpc) is 2.59. The van der Waals surface area contributed by atoms with Crippen molar-refractivity contribution in [3.05, 3.63) is 0 Å². The van der Waals surface area contributed by atoms with E-state index in [1.807, 2.05) is 0 Å². The Kier molecular flexibility index (Phi) is 5.45. The zero-order chi connectivity index (χ0) is 10.4. The van der Waals surface area contributed by atoms with E-state index < -0.39 is 0 Å². The first-order valence-corrected chi connectivity index (χ1v) is 5.80. The second-order valence-corrected chi connectivity index (χ2v) is 4.29. The second kappa shape index (κ2) is 6.38. The van der Waals surface area contributed by atoms with E-state index in [1.54, 1.807) is 0 Å². The zero-order valence-electron chi connectivity index (χ0n) is 9.46. The molecule has 1 rings (SSSR count). The number of ether oxygens (including phenoxy) is 1. The topological polar surface area (TPSA) is 47.3 Å². The van der Waals surface area contributed by atoms with Gasteiger partial charge in [-0.05, 0) is 38.3 Å². The van der Waals surface area contributed by atoms with E-state index in [1.165, 1.54) is 12.8 Å². The number of nitrogens with two attached hydrogens (primary N) is 1. The third kappa shape index (κ3) is 3.56. The third-order valence-electron chi connectivity index (χ3n) is 3.28. The summed E-state index contributed by atoms with van der Waals surface area (Å²) >= 11 is 0. The molecule has 1 aliphatic heterocycles. The smallest absolute Gasteiger partial charge is 0.0588 e. The number of hydrogen-bond donors (Lipinski definition) is 2. The van der Waals surface area contributed by atoms with E-state index in [-0.39, 0.29) is 0 Å². The highest BCUT2D eigenvalue weighted by Gasteiger charge is 2.23. The van der Waals surface area contributed by atoms with Crippen molar-refractivity contribution in [1.29, 1.82) is 0 Å². The summed E-state index contributed by atoms with van der Waals surface area (Å²) in [4.78, 5) is 0. The van der Waals surface area contributed by atoms with Crippen LogP contribution in [0.1, 0.15) is 26.7 Å². The molecule has 0 aliphatic carbocycles. The van der Waals surface area contributed by atoms with Gasteiger partial charge in [-0.25, -0.2) is 0 Å². The lowest BCUT2D eigenvalue weighted by Gasteiger charge is -2.17. The van der Waals surface area contributed by atoms with Gasteiger partial charge in [-0.1, -0.05) is 13.3 Å². The number of rotatable bonds is 6. The van der Waals surface area contributed by atoms with Gasteiger partial charge in [0.2, 0.25) is 0 Å². The van der Waals surface area contributed by atoms with Crippen LogP contribution in [0.25, 0.3) is 0 Å². The summed E-state index contributed by atoms with van der Waals surface area (Å²) in [6.45, 7) is 8.22. The first-order chi connectivity index (χ1) is 6.77. The first-order valence-electron chi connectivity index (χ1n) is 5.80. The van der Waals surface area contributed by atoms with Gasteiger partial charge in [0.05, 0.1) is 6.10 Å². The maximum absolute atomic E-state index is 5.64. The van der Waals surface area contributed by atoms with Crippen LogP contribution in [0.4, 0.5) is 0 Å². The molecule has 0 saturated carbocycles. The number of nitrogens with one attached hydrogen (secondary N) is 1. The highest BCUT2D eigenvalue weighted by Crippen LogP contribution is 2.19. The normalized spacial score (nSPS) is 29.4. The summed E-state index contributed by atoms with van der Waals surface area (Å²) in [5.74, 6) is 1.33. The quantitative estimate of drug-likeness (QED) is 0.672. The Morgan fingerprint density at radius 3 is 2.86 bits per heavy atom. The van der Waals surface area contributed by atoms with Crippen LogP contribution < -0.4 is 11.1 Å². The highest BCUT2D eigenvalue weighted by atomic mass is 16.5. The highest BCUT2D eigenvalue weighted by molar-refractivity contribution is 4.75. The molecule has 0 aromatic rings. The van der Waals surface area contributed by atoms with Gasteiger partial charge in [-0.15, -0.1) is 0 Å². The van der Waals surface area contributed by atoms with Crippen molar-refractivity contribution in [2.45, 2.75) is 32.8 Å². The molecular formula is C11H24N2O. The van der Waals surface area contributed by atoms with Gasteiger partial charge in [0, 0.05) is 13.2 Å². The Morgan fingerprint density at radius 2 is 2.36 bits per heavy atom. The largest absolute Gasteiger partial charge is 0.378 e. The molecule has 3 unspecified atom stereocenters. The van der Waals surface area contributed by atoms with Crippen LogP contribution in [-0.2, 0) is 4.74 Å². The minimum Gasteiger partial charge on any atom is -0.378 e. The Hall–Kier alpha value is -0.120. The van der Waals surface area contributed by atoms with Gasteiger partial charge < -0.3 is 15.8 Å². The van der Waals surface area contributed by atoms with Crippen molar-refractivity contribution < 1.29 is 4.74 Å². The maximum atomic E-state index is 5.64. The van der Waals surface area contributed by atoms with Crippen molar-refractivity contribution in [1.82, 2.24) is 5.32 Å². The lowest BCUT2D eigenvalue weighted by atomic mass is 10.0. The molecule has 1 heterocycles. The molecule has 1 saturated heterocycles. The van der Waals surface area contributed by atoms with Gasteiger partial charge in [0.25, 0.3) is 0 Å². The molecule has 0 aromatic carbocycles. The summed E-state index contributed by atoms with van der Waals surface area (Å²) in [5, 5.41) is 3.50. The van der Waals surface area contributed by atoms with Crippen molar-refractivity contribution in [2.75, 3.05) is 26.2 Å². The van der Waals surface area contributed by atoms with Gasteiger partial charge in [0.15, 0.2) is 0 Å². The van der Waals surface area contributed by atoms with Gasteiger partial charge in [0.1, 0.15) is 0 Å². The Balaban J connectivity index is 2.08. The first kappa shape index (κ1) is 12.0. The predicted octanol–water partition coefficient (Wildman–Crippen LogP) is 0.986. The van der Waals surface area contributed by atoms with E-state index in [0.717, 1.165) is 26.2 Å². The van der Waals surface area contributed by atoms with E-state index in [9.17, 15) is 0 Å². The third-order valence-corrected chi connectivity index (χ3v) is 3.28. The monoisotopic (exact) mass is 200 g/mol. The molecule has 84 valence electrons. The van der Waals surface area contributed by atoms with Gasteiger partial charge in [-0.3, -0.25) is 0 Å². The molecule has 0 amide bonds. The standard InChI is InChI=1S/C11H24N2O/c1-3-10(6-12)7-13-8-11-4-5-14-9(11)2/h9-11,13H,3-8,12H2,1-2H3. The van der Waals surface area contributed by atoms with Crippen LogP contribution in [0.3, 0.4) is 0 Å². The predicted molar refractivity (Wildman–Crippen MR) is 59.2 cm³/mol. The van der Waals surface area contributed by atoms with Crippen molar-refractivity contribution >= 4 is 0 Å². The molecule has 0 bridgehead atoms. The van der Waals surface area contributed by atoms with Crippen LogP contribution in [0.2, 0.25) is 0 Å². The van der Waals surface area contributed by atoms with E-state index >= 15 is 0 Å². The molecule has 14 heavy (non-hydrogen) atoms. The number of hydrogen-bond acceptors (Lipinski definition) is 3. The fourth-order valence-electron chi connectivity index (χ4n) is 1.91. The molecule has 1 fully saturated rings. The Bertz CT molecular complexity index is 148. The lowest BCUT2D eigenvalue weighted by Crippen LogP contribution is -2.33.